The van der Waals surface area contributed by atoms with Gasteiger partial charge < -0.3 is 15.0 Å². The van der Waals surface area contributed by atoms with E-state index in [0.717, 1.165) is 30.6 Å². The molecule has 0 saturated heterocycles. The summed E-state index contributed by atoms with van der Waals surface area (Å²) < 4.78 is 6.04. The Morgan fingerprint density at radius 2 is 1.77 bits per heavy atom. The van der Waals surface area contributed by atoms with Crippen molar-refractivity contribution in [3.05, 3.63) is 0 Å². The number of ether oxygens (including phenoxy) is 1. The van der Waals surface area contributed by atoms with Gasteiger partial charge in [-0.2, -0.15) is 0 Å². The summed E-state index contributed by atoms with van der Waals surface area (Å²) in [5, 5.41) is 0. The van der Waals surface area contributed by atoms with E-state index in [9.17, 15) is 0 Å². The molecular formula is C10H25N2O+. The predicted octanol–water partition coefficient (Wildman–Crippen LogP) is 0.837. The van der Waals surface area contributed by atoms with E-state index in [4.69, 9.17) is 10.5 Å². The van der Waals surface area contributed by atoms with Crippen molar-refractivity contribution in [2.45, 2.75) is 25.8 Å². The van der Waals surface area contributed by atoms with Gasteiger partial charge >= 0.3 is 0 Å². The molecule has 3 nitrogen and oxygen atoms in total. The van der Waals surface area contributed by atoms with E-state index in [2.05, 4.69) is 27.9 Å². The van der Waals surface area contributed by atoms with E-state index in [-0.39, 0.29) is 5.54 Å². The van der Waals surface area contributed by atoms with Crippen molar-refractivity contribution in [3.63, 3.8) is 0 Å². The zero-order chi connectivity index (χ0) is 10.5. The second-order valence-electron chi connectivity index (χ2n) is 5.11. The van der Waals surface area contributed by atoms with Crippen molar-refractivity contribution < 1.29 is 9.22 Å². The average Bonchev–Trinajstić information content (AvgIpc) is 1.97. The lowest BCUT2D eigenvalue weighted by Crippen LogP contribution is -2.47. The highest BCUT2D eigenvalue weighted by atomic mass is 16.5. The number of hydrogen-bond donors (Lipinski definition) is 1. The summed E-state index contributed by atoms with van der Waals surface area (Å²) in [6.07, 6.45) is 1.05. The van der Waals surface area contributed by atoms with Crippen LogP contribution >= 0.6 is 0 Å². The van der Waals surface area contributed by atoms with Crippen LogP contribution in [0.4, 0.5) is 0 Å². The molecule has 0 aromatic rings. The fourth-order valence-corrected chi connectivity index (χ4v) is 1.04. The second-order valence-corrected chi connectivity index (χ2v) is 5.11. The van der Waals surface area contributed by atoms with Gasteiger partial charge in [-0.25, -0.2) is 0 Å². The third-order valence-electron chi connectivity index (χ3n) is 2.26. The second kappa shape index (κ2) is 4.94. The highest BCUT2D eigenvalue weighted by Crippen LogP contribution is 2.08. The first-order chi connectivity index (χ1) is 5.77. The number of likely N-dealkylation sites (N-methyl/N-ethyl adjacent to an activating group) is 1. The fraction of sp³-hybridized carbons (Fsp3) is 1.00. The Balaban J connectivity index is 3.75. The zero-order valence-electron chi connectivity index (χ0n) is 9.76. The van der Waals surface area contributed by atoms with Crippen molar-refractivity contribution in [1.82, 2.24) is 0 Å². The molecule has 3 heteroatoms. The molecule has 0 bridgehead atoms. The van der Waals surface area contributed by atoms with Gasteiger partial charge in [0.25, 0.3) is 0 Å². The third-order valence-corrected chi connectivity index (χ3v) is 2.26. The molecule has 0 spiro atoms. The molecule has 0 aromatic carbocycles. The molecule has 0 radical (unpaired) electrons. The standard InChI is InChI=1S/C10H25N2O/c1-10(2,11)6-7-12(3,4)8-9-13-5/h6-9,11H2,1-5H3/q+1. The van der Waals surface area contributed by atoms with Crippen LogP contribution in [-0.4, -0.2) is 50.9 Å². The molecule has 80 valence electrons. The van der Waals surface area contributed by atoms with Gasteiger partial charge in [0, 0.05) is 19.1 Å². The van der Waals surface area contributed by atoms with E-state index >= 15 is 0 Å². The minimum Gasteiger partial charge on any atom is -0.379 e. The molecule has 0 saturated carbocycles. The summed E-state index contributed by atoms with van der Waals surface area (Å²) in [6.45, 7) is 7.12. The quantitative estimate of drug-likeness (QED) is 0.628. The molecule has 2 N–H and O–H groups in total. The predicted molar refractivity (Wildman–Crippen MR) is 56.6 cm³/mol. The van der Waals surface area contributed by atoms with E-state index < -0.39 is 0 Å². The summed E-state index contributed by atoms with van der Waals surface area (Å²) in [4.78, 5) is 0. The number of quaternary nitrogens is 1. The highest BCUT2D eigenvalue weighted by molar-refractivity contribution is 4.70. The Hall–Kier alpha value is -0.120. The first-order valence-electron chi connectivity index (χ1n) is 4.87. The van der Waals surface area contributed by atoms with E-state index in [1.807, 2.05) is 0 Å². The van der Waals surface area contributed by atoms with Crippen LogP contribution in [0.2, 0.25) is 0 Å². The average molecular weight is 189 g/mol. The lowest BCUT2D eigenvalue weighted by Gasteiger charge is -2.32. The van der Waals surface area contributed by atoms with Crippen molar-refractivity contribution in [3.8, 4) is 0 Å². The first kappa shape index (κ1) is 12.9. The fourth-order valence-electron chi connectivity index (χ4n) is 1.04. The van der Waals surface area contributed by atoms with Crippen LogP contribution in [-0.2, 0) is 4.74 Å². The number of hydrogen-bond acceptors (Lipinski definition) is 2. The lowest BCUT2D eigenvalue weighted by atomic mass is 10.0. The third kappa shape index (κ3) is 8.22. The van der Waals surface area contributed by atoms with Crippen LogP contribution in [0.3, 0.4) is 0 Å². The van der Waals surface area contributed by atoms with Crippen molar-refractivity contribution in [2.24, 2.45) is 5.73 Å². The van der Waals surface area contributed by atoms with E-state index in [0.29, 0.717) is 0 Å². The molecule has 0 fully saturated rings. The minimum atomic E-state index is -0.0530. The molecular weight excluding hydrogens is 164 g/mol. The van der Waals surface area contributed by atoms with Crippen LogP contribution in [0.1, 0.15) is 20.3 Å². The number of nitrogens with zero attached hydrogens (tertiary/aromatic N) is 1. The van der Waals surface area contributed by atoms with Gasteiger partial charge in [0.1, 0.15) is 6.54 Å². The smallest absolute Gasteiger partial charge is 0.102 e. The van der Waals surface area contributed by atoms with Gasteiger partial charge in [-0.3, -0.25) is 0 Å². The molecule has 0 rings (SSSR count). The van der Waals surface area contributed by atoms with Crippen LogP contribution in [0.5, 0.6) is 0 Å². The summed E-state index contributed by atoms with van der Waals surface area (Å²) in [7, 11) is 6.17. The maximum atomic E-state index is 5.93. The number of rotatable bonds is 6. The molecule has 13 heavy (non-hydrogen) atoms. The number of nitrogens with two attached hydrogens (primary N) is 1. The van der Waals surface area contributed by atoms with Crippen molar-refractivity contribution in [2.75, 3.05) is 40.9 Å². The summed E-state index contributed by atoms with van der Waals surface area (Å²) in [5.41, 5.74) is 5.88. The highest BCUT2D eigenvalue weighted by Gasteiger charge is 2.19. The van der Waals surface area contributed by atoms with Gasteiger partial charge in [-0.15, -0.1) is 0 Å². The van der Waals surface area contributed by atoms with Gasteiger partial charge in [-0.05, 0) is 13.8 Å². The monoisotopic (exact) mass is 189 g/mol. The Bertz CT molecular complexity index is 138. The minimum absolute atomic E-state index is 0.0530. The van der Waals surface area contributed by atoms with Crippen molar-refractivity contribution >= 4 is 0 Å². The SMILES string of the molecule is COCC[N+](C)(C)CCC(C)(C)N. The summed E-state index contributed by atoms with van der Waals surface area (Å²) in [5.74, 6) is 0. The first-order valence-corrected chi connectivity index (χ1v) is 4.87. The normalized spacial score (nSPS) is 13.4. The lowest BCUT2D eigenvalue weighted by molar-refractivity contribution is -0.891. The van der Waals surface area contributed by atoms with Gasteiger partial charge in [0.2, 0.25) is 0 Å². The zero-order valence-corrected chi connectivity index (χ0v) is 9.76. The Morgan fingerprint density at radius 3 is 2.15 bits per heavy atom. The maximum Gasteiger partial charge on any atom is 0.102 e. The van der Waals surface area contributed by atoms with Crippen LogP contribution < -0.4 is 5.73 Å². The molecule has 0 aliphatic carbocycles. The maximum absolute atomic E-state index is 5.93. The summed E-state index contributed by atoms with van der Waals surface area (Å²) >= 11 is 0. The van der Waals surface area contributed by atoms with Crippen LogP contribution in [0, 0.1) is 0 Å². The molecule has 0 aliphatic rings. The topological polar surface area (TPSA) is 35.2 Å². The van der Waals surface area contributed by atoms with Crippen LogP contribution in [0.25, 0.3) is 0 Å². The Morgan fingerprint density at radius 1 is 1.23 bits per heavy atom. The Labute approximate surface area is 82.4 Å². The van der Waals surface area contributed by atoms with E-state index in [1.165, 1.54) is 0 Å². The van der Waals surface area contributed by atoms with Crippen molar-refractivity contribution in [1.29, 1.82) is 0 Å². The molecule has 0 aromatic heterocycles. The summed E-state index contributed by atoms with van der Waals surface area (Å²) in [6, 6.07) is 0. The largest absolute Gasteiger partial charge is 0.379 e. The molecule has 0 heterocycles. The van der Waals surface area contributed by atoms with Crippen LogP contribution in [0.15, 0.2) is 0 Å². The molecule has 0 aliphatic heterocycles. The molecule has 0 unspecified atom stereocenters. The van der Waals surface area contributed by atoms with Gasteiger partial charge in [-0.1, -0.05) is 0 Å². The Kier molecular flexibility index (Phi) is 4.89. The van der Waals surface area contributed by atoms with Gasteiger partial charge in [0.05, 0.1) is 27.2 Å². The number of methoxy groups -OCH3 is 1. The molecule has 0 atom stereocenters. The van der Waals surface area contributed by atoms with Gasteiger partial charge in [0.15, 0.2) is 0 Å². The van der Waals surface area contributed by atoms with E-state index in [1.54, 1.807) is 7.11 Å². The molecule has 0 amide bonds.